The van der Waals surface area contributed by atoms with Gasteiger partial charge in [-0.25, -0.2) is 14.6 Å². The molecule has 1 aliphatic rings. The van der Waals surface area contributed by atoms with Gasteiger partial charge in [0.25, 0.3) is 11.5 Å². The summed E-state index contributed by atoms with van der Waals surface area (Å²) in [5.41, 5.74) is 2.06. The van der Waals surface area contributed by atoms with E-state index in [9.17, 15) is 19.7 Å². The average Bonchev–Trinajstić information content (AvgIpc) is 3.23. The maximum atomic E-state index is 12.2. The van der Waals surface area contributed by atoms with E-state index in [-0.39, 0.29) is 11.3 Å². The molecule has 162 valence electrons. The zero-order chi connectivity index (χ0) is 22.9. The standard InChI is InChI=1S/C22H17N3O6S/c1-22(2)30-20(26)16(21(27)31-22)11-23-17-9-8-14(25(28)29)10-15(17)19-24-18(12-32-19)13-6-4-3-5-7-13/h3-12,23H,1-2H3. The van der Waals surface area contributed by atoms with E-state index in [2.05, 4.69) is 10.3 Å². The molecule has 1 fully saturated rings. The van der Waals surface area contributed by atoms with Gasteiger partial charge in [-0.2, -0.15) is 0 Å². The largest absolute Gasteiger partial charge is 0.419 e. The van der Waals surface area contributed by atoms with E-state index in [0.717, 1.165) is 17.5 Å². The summed E-state index contributed by atoms with van der Waals surface area (Å²) >= 11 is 1.32. The molecule has 0 unspecified atom stereocenters. The molecular weight excluding hydrogens is 434 g/mol. The van der Waals surface area contributed by atoms with Crippen LogP contribution < -0.4 is 5.32 Å². The number of non-ortho nitro benzene ring substituents is 1. The van der Waals surface area contributed by atoms with Crippen LogP contribution in [0.25, 0.3) is 21.8 Å². The number of nitro benzene ring substituents is 1. The number of esters is 2. The Bertz CT molecular complexity index is 1230. The van der Waals surface area contributed by atoms with Gasteiger partial charge in [-0.15, -0.1) is 11.3 Å². The molecule has 2 heterocycles. The molecule has 2 aromatic carbocycles. The summed E-state index contributed by atoms with van der Waals surface area (Å²) in [7, 11) is 0. The summed E-state index contributed by atoms with van der Waals surface area (Å²) in [6, 6.07) is 13.7. The van der Waals surface area contributed by atoms with Crippen LogP contribution in [0.15, 0.2) is 65.7 Å². The maximum absolute atomic E-state index is 12.2. The minimum atomic E-state index is -1.35. The number of thiazole rings is 1. The van der Waals surface area contributed by atoms with Crippen LogP contribution in [0.5, 0.6) is 0 Å². The highest BCUT2D eigenvalue weighted by Gasteiger charge is 2.39. The van der Waals surface area contributed by atoms with Gasteiger partial charge in [0.05, 0.1) is 10.6 Å². The number of rotatable bonds is 5. The average molecular weight is 451 g/mol. The smallest absolute Gasteiger partial charge is 0.350 e. The van der Waals surface area contributed by atoms with Crippen molar-refractivity contribution < 1.29 is 24.0 Å². The molecule has 4 rings (SSSR count). The predicted molar refractivity (Wildman–Crippen MR) is 118 cm³/mol. The Morgan fingerprint density at radius 3 is 2.44 bits per heavy atom. The van der Waals surface area contributed by atoms with E-state index >= 15 is 0 Å². The number of hydrogen-bond acceptors (Lipinski definition) is 9. The first-order valence-electron chi connectivity index (χ1n) is 9.47. The fourth-order valence-electron chi connectivity index (χ4n) is 3.02. The first-order valence-corrected chi connectivity index (χ1v) is 10.3. The van der Waals surface area contributed by atoms with Gasteiger partial charge < -0.3 is 14.8 Å². The quantitative estimate of drug-likeness (QED) is 0.198. The number of aromatic nitrogens is 1. The number of cyclic esters (lactones) is 2. The van der Waals surface area contributed by atoms with E-state index < -0.39 is 22.6 Å². The van der Waals surface area contributed by atoms with Gasteiger partial charge in [0.1, 0.15) is 5.01 Å². The van der Waals surface area contributed by atoms with Crippen molar-refractivity contribution in [1.29, 1.82) is 0 Å². The highest BCUT2D eigenvalue weighted by Crippen LogP contribution is 2.36. The molecule has 9 nitrogen and oxygen atoms in total. The van der Waals surface area contributed by atoms with Crippen molar-refractivity contribution in [2.75, 3.05) is 5.32 Å². The Balaban J connectivity index is 1.70. The van der Waals surface area contributed by atoms with Crippen molar-refractivity contribution >= 4 is 34.7 Å². The second-order valence-electron chi connectivity index (χ2n) is 7.27. The van der Waals surface area contributed by atoms with Crippen LogP contribution in [-0.4, -0.2) is 27.6 Å². The summed E-state index contributed by atoms with van der Waals surface area (Å²) < 4.78 is 10.1. The molecule has 32 heavy (non-hydrogen) atoms. The van der Waals surface area contributed by atoms with Gasteiger partial charge in [-0.3, -0.25) is 10.1 Å². The normalized spacial score (nSPS) is 15.0. The van der Waals surface area contributed by atoms with E-state index in [1.807, 2.05) is 35.7 Å². The lowest BCUT2D eigenvalue weighted by molar-refractivity contribution is -0.384. The van der Waals surface area contributed by atoms with Crippen molar-refractivity contribution in [1.82, 2.24) is 4.98 Å². The van der Waals surface area contributed by atoms with E-state index in [1.54, 1.807) is 0 Å². The molecule has 1 saturated heterocycles. The van der Waals surface area contributed by atoms with Crippen LogP contribution in [0.2, 0.25) is 0 Å². The van der Waals surface area contributed by atoms with Gasteiger partial charge >= 0.3 is 11.9 Å². The Labute approximate surface area is 186 Å². The molecule has 0 radical (unpaired) electrons. The number of carbonyl (C=O) groups excluding carboxylic acids is 2. The van der Waals surface area contributed by atoms with Crippen molar-refractivity contribution in [2.45, 2.75) is 19.6 Å². The summed E-state index contributed by atoms with van der Waals surface area (Å²) in [5.74, 6) is -3.01. The second-order valence-corrected chi connectivity index (χ2v) is 8.13. The lowest BCUT2D eigenvalue weighted by Gasteiger charge is -2.29. The van der Waals surface area contributed by atoms with Crippen LogP contribution in [-0.2, 0) is 19.1 Å². The zero-order valence-corrected chi connectivity index (χ0v) is 17.8. The lowest BCUT2D eigenvalue weighted by Crippen LogP contribution is -2.42. The number of carbonyl (C=O) groups is 2. The minimum absolute atomic E-state index is 0.118. The summed E-state index contributed by atoms with van der Waals surface area (Å²) in [6.45, 7) is 2.91. The maximum Gasteiger partial charge on any atom is 0.350 e. The first kappa shape index (κ1) is 21.2. The molecule has 0 saturated carbocycles. The molecule has 0 bridgehead atoms. The molecule has 0 atom stereocenters. The monoisotopic (exact) mass is 451 g/mol. The Hall–Kier alpha value is -4.05. The van der Waals surface area contributed by atoms with Crippen molar-refractivity contribution in [2.24, 2.45) is 0 Å². The van der Waals surface area contributed by atoms with Crippen molar-refractivity contribution in [3.63, 3.8) is 0 Å². The Morgan fingerprint density at radius 2 is 1.78 bits per heavy atom. The topological polar surface area (TPSA) is 121 Å². The number of nitro groups is 1. The third-order valence-corrected chi connectivity index (χ3v) is 5.38. The summed E-state index contributed by atoms with van der Waals surface area (Å²) in [5, 5.41) is 16.6. The molecule has 0 aliphatic carbocycles. The van der Waals surface area contributed by atoms with Crippen LogP contribution in [0.4, 0.5) is 11.4 Å². The molecule has 1 aliphatic heterocycles. The number of anilines is 1. The third-order valence-electron chi connectivity index (χ3n) is 4.51. The highest BCUT2D eigenvalue weighted by atomic mass is 32.1. The molecule has 1 N–H and O–H groups in total. The molecule has 10 heteroatoms. The van der Waals surface area contributed by atoms with E-state index in [1.165, 1.54) is 43.4 Å². The van der Waals surface area contributed by atoms with Crippen LogP contribution in [0.3, 0.4) is 0 Å². The first-order chi connectivity index (χ1) is 15.2. The number of hydrogen-bond donors (Lipinski definition) is 1. The Morgan fingerprint density at radius 1 is 1.09 bits per heavy atom. The van der Waals surface area contributed by atoms with E-state index in [4.69, 9.17) is 9.47 Å². The fraction of sp³-hybridized carbons (Fsp3) is 0.136. The van der Waals surface area contributed by atoms with Gasteiger partial charge in [0.2, 0.25) is 0 Å². The molecule has 1 aromatic heterocycles. The highest BCUT2D eigenvalue weighted by molar-refractivity contribution is 7.13. The number of nitrogens with one attached hydrogen (secondary N) is 1. The molecule has 0 amide bonds. The van der Waals surface area contributed by atoms with Gasteiger partial charge in [0.15, 0.2) is 5.57 Å². The second kappa shape index (κ2) is 8.23. The number of benzene rings is 2. The zero-order valence-electron chi connectivity index (χ0n) is 17.0. The molecule has 0 spiro atoms. The van der Waals surface area contributed by atoms with Crippen LogP contribution in [0.1, 0.15) is 13.8 Å². The minimum Gasteiger partial charge on any atom is -0.419 e. The SMILES string of the molecule is CC1(C)OC(=O)C(=CNc2ccc([N+](=O)[O-])cc2-c2nc(-c3ccccc3)cs2)C(=O)O1. The van der Waals surface area contributed by atoms with E-state index in [0.29, 0.717) is 16.3 Å². The summed E-state index contributed by atoms with van der Waals surface area (Å²) in [6.07, 6.45) is 1.16. The van der Waals surface area contributed by atoms with Crippen LogP contribution in [0, 0.1) is 10.1 Å². The van der Waals surface area contributed by atoms with Gasteiger partial charge in [-0.05, 0) is 6.07 Å². The number of ether oxygens (including phenoxy) is 2. The van der Waals surface area contributed by atoms with Gasteiger partial charge in [0, 0.05) is 54.4 Å². The summed E-state index contributed by atoms with van der Waals surface area (Å²) in [4.78, 5) is 39.7. The molecular formula is C22H17N3O6S. The molecule has 3 aromatic rings. The third kappa shape index (κ3) is 4.35. The van der Waals surface area contributed by atoms with Crippen molar-refractivity contribution in [3.8, 4) is 21.8 Å². The predicted octanol–water partition coefficient (Wildman–Crippen LogP) is 4.52. The van der Waals surface area contributed by atoms with Crippen LogP contribution >= 0.6 is 11.3 Å². The fourth-order valence-corrected chi connectivity index (χ4v) is 3.87. The lowest BCUT2D eigenvalue weighted by atomic mass is 10.1. The van der Waals surface area contributed by atoms with Gasteiger partial charge in [-0.1, -0.05) is 30.3 Å². The van der Waals surface area contributed by atoms with Crippen molar-refractivity contribution in [3.05, 3.63) is 75.8 Å². The number of nitrogens with zero attached hydrogens (tertiary/aromatic N) is 2. The Kier molecular flexibility index (Phi) is 5.45.